The molecule has 1 aromatic rings. The van der Waals surface area contributed by atoms with Gasteiger partial charge in [-0.15, -0.1) is 11.3 Å². The Morgan fingerprint density at radius 3 is 2.76 bits per heavy atom. The second-order valence-corrected chi connectivity index (χ2v) is 5.31. The molecule has 5 heteroatoms. The molecule has 0 aliphatic carbocycles. The minimum atomic E-state index is 0.0143. The molecule has 0 fully saturated rings. The molecule has 1 aromatic heterocycles. The lowest BCUT2D eigenvalue weighted by molar-refractivity contribution is 0.0434. The Kier molecular flexibility index (Phi) is 7.68. The highest BCUT2D eigenvalue weighted by Gasteiger charge is 2.11. The first-order valence-corrected chi connectivity index (χ1v) is 7.34. The van der Waals surface area contributed by atoms with Crippen molar-refractivity contribution in [3.63, 3.8) is 0 Å². The van der Waals surface area contributed by atoms with E-state index in [0.29, 0.717) is 13.2 Å². The number of rotatable bonds is 9. The molecule has 0 atom stereocenters. The maximum Gasteiger partial charge on any atom is 0.199 e. The van der Waals surface area contributed by atoms with E-state index in [1.54, 1.807) is 0 Å². The molecule has 0 aliphatic heterocycles. The zero-order valence-electron chi connectivity index (χ0n) is 9.91. The molecule has 0 unspecified atom stereocenters. The predicted molar refractivity (Wildman–Crippen MR) is 72.9 cm³/mol. The molecule has 17 heavy (non-hydrogen) atoms. The second-order valence-electron chi connectivity index (χ2n) is 3.54. The lowest BCUT2D eigenvalue weighted by Crippen LogP contribution is -2.12. The van der Waals surface area contributed by atoms with Crippen LogP contribution < -0.4 is 0 Å². The molecule has 0 N–H and O–H groups in total. The molecule has 3 nitrogen and oxygen atoms in total. The number of ketones is 1. The van der Waals surface area contributed by atoms with Crippen molar-refractivity contribution in [1.29, 1.82) is 0 Å². The summed E-state index contributed by atoms with van der Waals surface area (Å²) in [5, 5.41) is 1.88. The predicted octanol–water partition coefficient (Wildman–Crippen LogP) is 3.53. The van der Waals surface area contributed by atoms with Crippen LogP contribution in [0.5, 0.6) is 0 Å². The Balaban J connectivity index is 2.07. The molecule has 1 heterocycles. The van der Waals surface area contributed by atoms with Gasteiger partial charge in [0.2, 0.25) is 0 Å². The van der Waals surface area contributed by atoms with Crippen molar-refractivity contribution < 1.29 is 14.3 Å². The van der Waals surface area contributed by atoms with Gasteiger partial charge < -0.3 is 9.47 Å². The molecule has 0 bridgehead atoms. The summed E-state index contributed by atoms with van der Waals surface area (Å²) in [7, 11) is 0. The number of hydrogen-bond donors (Lipinski definition) is 0. The highest BCUT2D eigenvalue weighted by atomic mass is 79.9. The summed E-state index contributed by atoms with van der Waals surface area (Å²) in [4.78, 5) is 12.4. The van der Waals surface area contributed by atoms with Crippen molar-refractivity contribution in [2.24, 2.45) is 0 Å². The third kappa shape index (κ3) is 5.77. The maximum absolute atomic E-state index is 11.7. The molecule has 96 valence electrons. The van der Waals surface area contributed by atoms with Crippen molar-refractivity contribution in [3.8, 4) is 0 Å². The van der Waals surface area contributed by atoms with Gasteiger partial charge in [0.1, 0.15) is 6.61 Å². The molecular weight excluding hydrogens is 304 g/mol. The second kappa shape index (κ2) is 8.80. The van der Waals surface area contributed by atoms with Gasteiger partial charge >= 0.3 is 0 Å². The number of hydrogen-bond acceptors (Lipinski definition) is 4. The smallest absolute Gasteiger partial charge is 0.199 e. The van der Waals surface area contributed by atoms with Gasteiger partial charge in [0.05, 0.1) is 18.1 Å². The van der Waals surface area contributed by atoms with E-state index in [9.17, 15) is 4.79 Å². The first kappa shape index (κ1) is 14.8. The lowest BCUT2D eigenvalue weighted by Gasteiger charge is -2.04. The van der Waals surface area contributed by atoms with Crippen LogP contribution in [-0.4, -0.2) is 32.2 Å². The molecule has 0 saturated heterocycles. The van der Waals surface area contributed by atoms with Crippen LogP contribution in [0, 0.1) is 0 Å². The third-order valence-electron chi connectivity index (χ3n) is 2.12. The SMILES string of the molecule is CCCCOCCOCC(=O)c1sccc1Br. The summed E-state index contributed by atoms with van der Waals surface area (Å²) in [6.45, 7) is 4.04. The number of halogens is 1. The van der Waals surface area contributed by atoms with Gasteiger partial charge in [-0.3, -0.25) is 4.79 Å². The zero-order valence-corrected chi connectivity index (χ0v) is 12.3. The summed E-state index contributed by atoms with van der Waals surface area (Å²) < 4.78 is 11.4. The van der Waals surface area contributed by atoms with Crippen LogP contribution in [0.15, 0.2) is 15.9 Å². The van der Waals surface area contributed by atoms with Crippen LogP contribution in [0.2, 0.25) is 0 Å². The Morgan fingerprint density at radius 2 is 2.12 bits per heavy atom. The Hall–Kier alpha value is -0.230. The summed E-state index contributed by atoms with van der Waals surface area (Å²) in [5.41, 5.74) is 0. The minimum Gasteiger partial charge on any atom is -0.379 e. The fourth-order valence-corrected chi connectivity index (χ4v) is 2.71. The molecule has 0 spiro atoms. The number of thiophene rings is 1. The van der Waals surface area contributed by atoms with Gasteiger partial charge in [-0.05, 0) is 33.8 Å². The van der Waals surface area contributed by atoms with E-state index in [2.05, 4.69) is 22.9 Å². The third-order valence-corrected chi connectivity index (χ3v) is 4.00. The van der Waals surface area contributed by atoms with E-state index < -0.39 is 0 Å². The fourth-order valence-electron chi connectivity index (χ4n) is 1.19. The Labute approximate surface area is 114 Å². The van der Waals surface area contributed by atoms with Gasteiger partial charge in [0.25, 0.3) is 0 Å². The molecular formula is C12H17BrO3S. The van der Waals surface area contributed by atoms with Crippen LogP contribution in [0.3, 0.4) is 0 Å². The Bertz CT molecular complexity index is 338. The molecule has 0 saturated carbocycles. The zero-order chi connectivity index (χ0) is 12.5. The van der Waals surface area contributed by atoms with Crippen molar-refractivity contribution in [3.05, 3.63) is 20.8 Å². The van der Waals surface area contributed by atoms with Gasteiger partial charge in [-0.2, -0.15) is 0 Å². The number of Topliss-reactive ketones (excluding diaryl/α,β-unsaturated/α-hetero) is 1. The minimum absolute atomic E-state index is 0.0143. The van der Waals surface area contributed by atoms with Gasteiger partial charge in [-0.25, -0.2) is 0 Å². The van der Waals surface area contributed by atoms with E-state index in [1.165, 1.54) is 11.3 Å². The molecule has 1 rings (SSSR count). The van der Waals surface area contributed by atoms with Crippen LogP contribution in [0.1, 0.15) is 29.4 Å². The fraction of sp³-hybridized carbons (Fsp3) is 0.583. The van der Waals surface area contributed by atoms with Crippen molar-refractivity contribution in [1.82, 2.24) is 0 Å². The largest absolute Gasteiger partial charge is 0.379 e. The van der Waals surface area contributed by atoms with Crippen LogP contribution in [0.25, 0.3) is 0 Å². The molecule has 0 amide bonds. The molecule has 0 aromatic carbocycles. The van der Waals surface area contributed by atoms with Gasteiger partial charge in [-0.1, -0.05) is 13.3 Å². The normalized spacial score (nSPS) is 10.7. The summed E-state index contributed by atoms with van der Waals surface area (Å²) in [5.74, 6) is 0.0143. The monoisotopic (exact) mass is 320 g/mol. The van der Waals surface area contributed by atoms with E-state index >= 15 is 0 Å². The average Bonchev–Trinajstić information content (AvgIpc) is 2.74. The van der Waals surface area contributed by atoms with E-state index in [1.807, 2.05) is 11.4 Å². The first-order chi connectivity index (χ1) is 8.25. The van der Waals surface area contributed by atoms with Crippen molar-refractivity contribution >= 4 is 33.0 Å². The van der Waals surface area contributed by atoms with E-state index in [0.717, 1.165) is 28.8 Å². The van der Waals surface area contributed by atoms with Crippen LogP contribution in [0.4, 0.5) is 0 Å². The number of carbonyl (C=O) groups excluding carboxylic acids is 1. The van der Waals surface area contributed by atoms with Gasteiger partial charge in [0, 0.05) is 11.1 Å². The molecule has 0 aliphatic rings. The maximum atomic E-state index is 11.7. The standard InChI is InChI=1S/C12H17BrO3S/c1-2-3-5-15-6-7-16-9-11(14)12-10(13)4-8-17-12/h4,8H,2-3,5-7,9H2,1H3. The number of ether oxygens (including phenoxy) is 2. The van der Waals surface area contributed by atoms with Crippen molar-refractivity contribution in [2.45, 2.75) is 19.8 Å². The number of unbranched alkanes of at least 4 members (excludes halogenated alkanes) is 1. The van der Waals surface area contributed by atoms with Crippen LogP contribution in [-0.2, 0) is 9.47 Å². The molecule has 0 radical (unpaired) electrons. The Morgan fingerprint density at radius 1 is 1.35 bits per heavy atom. The lowest BCUT2D eigenvalue weighted by atomic mass is 10.3. The first-order valence-electron chi connectivity index (χ1n) is 5.67. The van der Waals surface area contributed by atoms with Crippen LogP contribution >= 0.6 is 27.3 Å². The number of carbonyl (C=O) groups is 1. The van der Waals surface area contributed by atoms with E-state index in [-0.39, 0.29) is 12.4 Å². The van der Waals surface area contributed by atoms with Crippen molar-refractivity contribution in [2.75, 3.05) is 26.4 Å². The van der Waals surface area contributed by atoms with E-state index in [4.69, 9.17) is 9.47 Å². The highest BCUT2D eigenvalue weighted by Crippen LogP contribution is 2.22. The average molecular weight is 321 g/mol. The summed E-state index contributed by atoms with van der Waals surface area (Å²) in [6, 6.07) is 1.87. The topological polar surface area (TPSA) is 35.5 Å². The quantitative estimate of drug-likeness (QED) is 0.516. The van der Waals surface area contributed by atoms with Gasteiger partial charge in [0.15, 0.2) is 5.78 Å². The summed E-state index contributed by atoms with van der Waals surface area (Å²) >= 11 is 4.75. The highest BCUT2D eigenvalue weighted by molar-refractivity contribution is 9.10. The summed E-state index contributed by atoms with van der Waals surface area (Å²) in [6.07, 6.45) is 2.20.